The number of nitrogens with zero attached hydrogens (tertiary/aromatic N) is 2. The van der Waals surface area contributed by atoms with E-state index in [1.54, 1.807) is 18.3 Å². The summed E-state index contributed by atoms with van der Waals surface area (Å²) < 4.78 is 57.7. The van der Waals surface area contributed by atoms with Crippen molar-refractivity contribution in [2.75, 3.05) is 5.32 Å². The number of alkyl halides is 3. The van der Waals surface area contributed by atoms with E-state index < -0.39 is 35.2 Å². The minimum atomic E-state index is -4.97. The van der Waals surface area contributed by atoms with Crippen molar-refractivity contribution in [1.82, 2.24) is 9.78 Å². The monoisotopic (exact) mass is 531 g/mol. The van der Waals surface area contributed by atoms with Gasteiger partial charge in [0.15, 0.2) is 0 Å². The van der Waals surface area contributed by atoms with Gasteiger partial charge in [-0.1, -0.05) is 31.4 Å². The highest BCUT2D eigenvalue weighted by molar-refractivity contribution is 6.03. The Morgan fingerprint density at radius 3 is 2.45 bits per heavy atom. The molecule has 200 valence electrons. The average Bonchev–Trinajstić information content (AvgIpc) is 3.52. The molecular weight excluding hydrogens is 506 g/mol. The standard InChI is InChI=1S/C27H25F4N3O4/c28-23-13-19(38-27(29,30)31)7-9-22(23)26(10-11-26)25(37)33-17-6-8-20(21(12-17)24(35)36)16-14-32-34(15-16)18-4-2-1-3-5-18/h6-9,12-15,18H,1-5,10-11H2,(H,33,37)(H,35,36). The minimum absolute atomic E-state index is 0.0318. The summed E-state index contributed by atoms with van der Waals surface area (Å²) in [7, 11) is 0. The van der Waals surface area contributed by atoms with Crippen LogP contribution in [0.1, 0.15) is 66.9 Å². The van der Waals surface area contributed by atoms with Crippen molar-refractivity contribution >= 4 is 17.6 Å². The Morgan fingerprint density at radius 1 is 1.08 bits per heavy atom. The van der Waals surface area contributed by atoms with Crippen molar-refractivity contribution in [2.24, 2.45) is 0 Å². The molecule has 1 amide bonds. The molecule has 2 saturated carbocycles. The van der Waals surface area contributed by atoms with Gasteiger partial charge in [-0.25, -0.2) is 9.18 Å². The molecule has 1 heterocycles. The summed E-state index contributed by atoms with van der Waals surface area (Å²) in [5.41, 5.74) is -0.0352. The van der Waals surface area contributed by atoms with Gasteiger partial charge in [-0.2, -0.15) is 5.10 Å². The van der Waals surface area contributed by atoms with E-state index in [-0.39, 0.29) is 22.9 Å². The smallest absolute Gasteiger partial charge is 0.478 e. The lowest BCUT2D eigenvalue weighted by Crippen LogP contribution is -2.29. The molecule has 1 aromatic heterocycles. The predicted molar refractivity (Wildman–Crippen MR) is 129 cm³/mol. The van der Waals surface area contributed by atoms with Crippen LogP contribution in [-0.4, -0.2) is 33.1 Å². The number of aromatic carboxylic acids is 1. The van der Waals surface area contributed by atoms with Crippen molar-refractivity contribution in [3.05, 3.63) is 65.7 Å². The number of hydrogen-bond acceptors (Lipinski definition) is 4. The zero-order valence-corrected chi connectivity index (χ0v) is 20.2. The van der Waals surface area contributed by atoms with Crippen molar-refractivity contribution in [3.8, 4) is 16.9 Å². The third kappa shape index (κ3) is 5.23. The number of carbonyl (C=O) groups excluding carboxylic acids is 1. The first-order chi connectivity index (χ1) is 18.1. The molecule has 3 aromatic rings. The van der Waals surface area contributed by atoms with Gasteiger partial charge in [0, 0.05) is 29.1 Å². The summed E-state index contributed by atoms with van der Waals surface area (Å²) in [6.07, 6.45) is 4.59. The van der Waals surface area contributed by atoms with E-state index in [4.69, 9.17) is 0 Å². The SMILES string of the molecule is O=C(O)c1cc(NC(=O)C2(c3ccc(OC(F)(F)F)cc3F)CC2)ccc1-c1cnn(C2CCCCC2)c1. The van der Waals surface area contributed by atoms with E-state index in [0.29, 0.717) is 30.0 Å². The molecule has 0 aliphatic heterocycles. The summed E-state index contributed by atoms with van der Waals surface area (Å²) in [5, 5.41) is 16.9. The van der Waals surface area contributed by atoms with E-state index in [2.05, 4.69) is 15.2 Å². The molecule has 2 fully saturated rings. The summed E-state index contributed by atoms with van der Waals surface area (Å²) >= 11 is 0. The van der Waals surface area contributed by atoms with Gasteiger partial charge in [0.1, 0.15) is 11.6 Å². The Balaban J connectivity index is 1.35. The number of rotatable bonds is 7. The Bertz CT molecular complexity index is 1370. The number of aromatic nitrogens is 2. The van der Waals surface area contributed by atoms with Gasteiger partial charge in [0.25, 0.3) is 0 Å². The Labute approximate surface area is 215 Å². The summed E-state index contributed by atoms with van der Waals surface area (Å²) in [4.78, 5) is 25.2. The molecule has 0 radical (unpaired) electrons. The predicted octanol–water partition coefficient (Wildman–Crippen LogP) is 6.46. The van der Waals surface area contributed by atoms with E-state index in [0.717, 1.165) is 37.8 Å². The number of carbonyl (C=O) groups is 2. The molecular formula is C27H25F4N3O4. The van der Waals surface area contributed by atoms with Crippen LogP contribution in [0.3, 0.4) is 0 Å². The average molecular weight is 532 g/mol. The molecule has 2 aliphatic carbocycles. The molecule has 0 atom stereocenters. The first-order valence-corrected chi connectivity index (χ1v) is 12.3. The van der Waals surface area contributed by atoms with Gasteiger partial charge in [0.05, 0.1) is 23.2 Å². The van der Waals surface area contributed by atoms with Crippen LogP contribution in [0.25, 0.3) is 11.1 Å². The second kappa shape index (κ2) is 9.77. The molecule has 11 heteroatoms. The van der Waals surface area contributed by atoms with E-state index >= 15 is 0 Å². The molecule has 0 spiro atoms. The van der Waals surface area contributed by atoms with Crippen molar-refractivity contribution in [2.45, 2.75) is 62.8 Å². The molecule has 38 heavy (non-hydrogen) atoms. The van der Waals surface area contributed by atoms with E-state index in [1.807, 2.05) is 10.9 Å². The molecule has 7 nitrogen and oxygen atoms in total. The second-order valence-electron chi connectivity index (χ2n) is 9.79. The van der Waals surface area contributed by atoms with Crippen LogP contribution < -0.4 is 10.1 Å². The van der Waals surface area contributed by atoms with Crippen molar-refractivity contribution in [3.63, 3.8) is 0 Å². The van der Waals surface area contributed by atoms with Crippen LogP contribution in [-0.2, 0) is 10.2 Å². The van der Waals surface area contributed by atoms with Crippen LogP contribution in [0.15, 0.2) is 48.8 Å². The van der Waals surface area contributed by atoms with Gasteiger partial charge in [-0.3, -0.25) is 9.48 Å². The fourth-order valence-corrected chi connectivity index (χ4v) is 5.15. The Kier molecular flexibility index (Phi) is 6.62. The zero-order valence-electron chi connectivity index (χ0n) is 20.2. The lowest BCUT2D eigenvalue weighted by atomic mass is 9.93. The Hall–Kier alpha value is -3.89. The molecule has 0 bridgehead atoms. The molecule has 0 unspecified atom stereocenters. The number of carboxylic acid groups (broad SMARTS) is 1. The van der Waals surface area contributed by atoms with Crippen molar-refractivity contribution < 1.29 is 37.0 Å². The third-order valence-electron chi connectivity index (χ3n) is 7.24. The number of hydrogen-bond donors (Lipinski definition) is 2. The highest BCUT2D eigenvalue weighted by Crippen LogP contribution is 2.50. The normalized spacial score (nSPS) is 17.2. The molecule has 5 rings (SSSR count). The highest BCUT2D eigenvalue weighted by Gasteiger charge is 2.53. The van der Waals surface area contributed by atoms with Crippen LogP contribution in [0.5, 0.6) is 5.75 Å². The van der Waals surface area contributed by atoms with Gasteiger partial charge in [-0.05, 0) is 49.4 Å². The molecule has 2 aliphatic rings. The van der Waals surface area contributed by atoms with Crippen LogP contribution in [0.2, 0.25) is 0 Å². The quantitative estimate of drug-likeness (QED) is 0.341. The first kappa shape index (κ1) is 25.7. The fourth-order valence-electron chi connectivity index (χ4n) is 5.15. The first-order valence-electron chi connectivity index (χ1n) is 12.3. The number of nitrogens with one attached hydrogen (secondary N) is 1. The minimum Gasteiger partial charge on any atom is -0.478 e. The van der Waals surface area contributed by atoms with Crippen LogP contribution in [0, 0.1) is 5.82 Å². The van der Waals surface area contributed by atoms with E-state index in [1.165, 1.54) is 12.5 Å². The summed E-state index contributed by atoms with van der Waals surface area (Å²) in [6, 6.07) is 7.44. The zero-order chi connectivity index (χ0) is 27.1. The largest absolute Gasteiger partial charge is 0.573 e. The fraction of sp³-hybridized carbons (Fsp3) is 0.370. The maximum Gasteiger partial charge on any atom is 0.573 e. The van der Waals surface area contributed by atoms with Gasteiger partial charge in [0.2, 0.25) is 5.91 Å². The molecule has 2 N–H and O–H groups in total. The number of amides is 1. The molecule has 0 saturated heterocycles. The number of halogens is 4. The lowest BCUT2D eigenvalue weighted by Gasteiger charge is -2.21. The van der Waals surface area contributed by atoms with Crippen LogP contribution >= 0.6 is 0 Å². The van der Waals surface area contributed by atoms with Crippen molar-refractivity contribution in [1.29, 1.82) is 0 Å². The van der Waals surface area contributed by atoms with Gasteiger partial charge < -0.3 is 15.2 Å². The second-order valence-corrected chi connectivity index (χ2v) is 9.79. The molecule has 2 aromatic carbocycles. The maximum absolute atomic E-state index is 14.7. The maximum atomic E-state index is 14.7. The number of ether oxygens (including phenoxy) is 1. The van der Waals surface area contributed by atoms with E-state index in [9.17, 15) is 32.3 Å². The topological polar surface area (TPSA) is 93.5 Å². The number of benzene rings is 2. The summed E-state index contributed by atoms with van der Waals surface area (Å²) in [5.74, 6) is -3.47. The Morgan fingerprint density at radius 2 is 1.82 bits per heavy atom. The van der Waals surface area contributed by atoms with Gasteiger partial charge in [-0.15, -0.1) is 13.2 Å². The number of anilines is 1. The third-order valence-corrected chi connectivity index (χ3v) is 7.24. The van der Waals surface area contributed by atoms with Gasteiger partial charge >= 0.3 is 12.3 Å². The lowest BCUT2D eigenvalue weighted by molar-refractivity contribution is -0.274. The number of carboxylic acids is 1. The summed E-state index contributed by atoms with van der Waals surface area (Å²) in [6.45, 7) is 0. The highest BCUT2D eigenvalue weighted by atomic mass is 19.4. The van der Waals surface area contributed by atoms with Crippen LogP contribution in [0.4, 0.5) is 23.2 Å².